The van der Waals surface area contributed by atoms with Gasteiger partial charge in [0.25, 0.3) is 0 Å². The predicted octanol–water partition coefficient (Wildman–Crippen LogP) is 2.93. The van der Waals surface area contributed by atoms with Crippen LogP contribution >= 0.6 is 0 Å². The fraction of sp³-hybridized carbons (Fsp3) is 0.600. The highest BCUT2D eigenvalue weighted by atomic mass is 16.5. The Balaban J connectivity index is 2.74. The molecule has 1 rings (SSSR count). The van der Waals surface area contributed by atoms with Gasteiger partial charge in [0.1, 0.15) is 0 Å². The second-order valence-corrected chi connectivity index (χ2v) is 5.88. The number of hydrogen-bond acceptors (Lipinski definition) is 2. The molecule has 0 aliphatic rings. The predicted molar refractivity (Wildman–Crippen MR) is 73.1 cm³/mol. The summed E-state index contributed by atoms with van der Waals surface area (Å²) in [5.74, 6) is 0. The zero-order chi connectivity index (χ0) is 13.1. The summed E-state index contributed by atoms with van der Waals surface area (Å²) in [6, 6.07) is 8.53. The molecule has 2 nitrogen and oxygen atoms in total. The molecule has 0 heterocycles. The van der Waals surface area contributed by atoms with Gasteiger partial charge in [-0.25, -0.2) is 0 Å². The van der Waals surface area contributed by atoms with E-state index in [4.69, 9.17) is 10.5 Å². The lowest BCUT2D eigenvalue weighted by Gasteiger charge is -2.34. The molecule has 17 heavy (non-hydrogen) atoms. The van der Waals surface area contributed by atoms with Crippen molar-refractivity contribution in [3.8, 4) is 0 Å². The molecule has 0 saturated carbocycles. The number of ether oxygens (including phenoxy) is 1. The van der Waals surface area contributed by atoms with Gasteiger partial charge < -0.3 is 10.5 Å². The normalized spacial score (nSPS) is 15.6. The molecule has 2 atom stereocenters. The Morgan fingerprint density at radius 3 is 2.41 bits per heavy atom. The SMILES string of the molecule is COC(C(N)Cc1cccc(C)c1)C(C)(C)C. The van der Waals surface area contributed by atoms with Crippen molar-refractivity contribution >= 4 is 0 Å². The number of benzene rings is 1. The summed E-state index contributed by atoms with van der Waals surface area (Å²) in [6.07, 6.45) is 0.931. The smallest absolute Gasteiger partial charge is 0.0773 e. The highest BCUT2D eigenvalue weighted by Gasteiger charge is 2.30. The third kappa shape index (κ3) is 4.14. The third-order valence-electron chi connectivity index (χ3n) is 3.05. The molecule has 0 radical (unpaired) electrons. The zero-order valence-corrected chi connectivity index (χ0v) is 11.7. The van der Waals surface area contributed by atoms with Gasteiger partial charge in [-0.3, -0.25) is 0 Å². The van der Waals surface area contributed by atoms with Crippen LogP contribution in [-0.2, 0) is 11.2 Å². The lowest BCUT2D eigenvalue weighted by atomic mass is 9.82. The summed E-state index contributed by atoms with van der Waals surface area (Å²) in [7, 11) is 1.74. The van der Waals surface area contributed by atoms with Crippen molar-refractivity contribution in [2.24, 2.45) is 11.1 Å². The number of methoxy groups -OCH3 is 1. The number of aryl methyl sites for hydroxylation is 1. The van der Waals surface area contributed by atoms with Gasteiger partial charge in [-0.1, -0.05) is 50.6 Å². The topological polar surface area (TPSA) is 35.2 Å². The first-order chi connectivity index (χ1) is 7.84. The molecule has 0 amide bonds. The van der Waals surface area contributed by atoms with Crippen molar-refractivity contribution in [1.82, 2.24) is 0 Å². The molecule has 0 aliphatic heterocycles. The highest BCUT2D eigenvalue weighted by Crippen LogP contribution is 2.25. The van der Waals surface area contributed by atoms with Crippen molar-refractivity contribution in [3.63, 3.8) is 0 Å². The number of rotatable bonds is 4. The van der Waals surface area contributed by atoms with E-state index in [1.807, 2.05) is 0 Å². The lowest BCUT2D eigenvalue weighted by molar-refractivity contribution is -0.00165. The van der Waals surface area contributed by atoms with Crippen molar-refractivity contribution in [2.75, 3.05) is 7.11 Å². The largest absolute Gasteiger partial charge is 0.379 e. The Kier molecular flexibility index (Phi) is 4.72. The van der Waals surface area contributed by atoms with E-state index >= 15 is 0 Å². The maximum absolute atomic E-state index is 6.27. The summed E-state index contributed by atoms with van der Waals surface area (Å²) >= 11 is 0. The Hall–Kier alpha value is -0.860. The minimum Gasteiger partial charge on any atom is -0.379 e. The second kappa shape index (κ2) is 5.65. The molecule has 1 aromatic carbocycles. The Bertz CT molecular complexity index is 354. The molecule has 0 fully saturated rings. The molecular formula is C15H25NO. The molecule has 2 N–H and O–H groups in total. The molecule has 0 bridgehead atoms. The minimum atomic E-state index is 0.0294. The van der Waals surface area contributed by atoms with Crippen LogP contribution in [0.25, 0.3) is 0 Å². The fourth-order valence-corrected chi connectivity index (χ4v) is 2.39. The standard InChI is InChI=1S/C15H25NO/c1-11-7-6-8-12(9-11)10-13(16)14(17-5)15(2,3)4/h6-9,13-14H,10,16H2,1-5H3. The summed E-state index contributed by atoms with van der Waals surface area (Å²) in [5, 5.41) is 0. The van der Waals surface area contributed by atoms with Crippen LogP contribution in [0.2, 0.25) is 0 Å². The maximum atomic E-state index is 6.27. The first-order valence-corrected chi connectivity index (χ1v) is 6.18. The first-order valence-electron chi connectivity index (χ1n) is 6.18. The molecule has 0 aromatic heterocycles. The Morgan fingerprint density at radius 1 is 1.29 bits per heavy atom. The molecule has 1 aromatic rings. The van der Waals surface area contributed by atoms with Crippen LogP contribution in [0.4, 0.5) is 0 Å². The quantitative estimate of drug-likeness (QED) is 0.871. The number of hydrogen-bond donors (Lipinski definition) is 1. The maximum Gasteiger partial charge on any atom is 0.0773 e. The van der Waals surface area contributed by atoms with Crippen molar-refractivity contribution < 1.29 is 4.74 Å². The molecule has 96 valence electrons. The first kappa shape index (κ1) is 14.2. The third-order valence-corrected chi connectivity index (χ3v) is 3.05. The minimum absolute atomic E-state index is 0.0294. The van der Waals surface area contributed by atoms with Crippen LogP contribution in [0.1, 0.15) is 31.9 Å². The van der Waals surface area contributed by atoms with Gasteiger partial charge in [-0.15, -0.1) is 0 Å². The van der Waals surface area contributed by atoms with E-state index in [9.17, 15) is 0 Å². The van der Waals surface area contributed by atoms with Gasteiger partial charge in [0.05, 0.1) is 6.10 Å². The van der Waals surface area contributed by atoms with Gasteiger partial charge in [-0.05, 0) is 24.3 Å². The van der Waals surface area contributed by atoms with E-state index in [1.54, 1.807) is 7.11 Å². The van der Waals surface area contributed by atoms with Crippen LogP contribution in [-0.4, -0.2) is 19.3 Å². The second-order valence-electron chi connectivity index (χ2n) is 5.88. The monoisotopic (exact) mass is 235 g/mol. The van der Waals surface area contributed by atoms with Gasteiger partial charge >= 0.3 is 0 Å². The van der Waals surface area contributed by atoms with Crippen LogP contribution in [0.15, 0.2) is 24.3 Å². The number of nitrogens with two attached hydrogens (primary N) is 1. The van der Waals surface area contributed by atoms with Gasteiger partial charge in [0, 0.05) is 13.2 Å². The lowest BCUT2D eigenvalue weighted by Crippen LogP contribution is -2.46. The van der Waals surface area contributed by atoms with Gasteiger partial charge in [0.2, 0.25) is 0 Å². The molecular weight excluding hydrogens is 210 g/mol. The van der Waals surface area contributed by atoms with Crippen molar-refractivity contribution in [3.05, 3.63) is 35.4 Å². The molecule has 2 unspecified atom stereocenters. The summed E-state index contributed by atoms with van der Waals surface area (Å²) in [5.41, 5.74) is 8.90. The average molecular weight is 235 g/mol. The fourth-order valence-electron chi connectivity index (χ4n) is 2.39. The molecule has 2 heteroatoms. The van der Waals surface area contributed by atoms with E-state index in [0.29, 0.717) is 0 Å². The zero-order valence-electron chi connectivity index (χ0n) is 11.7. The van der Waals surface area contributed by atoms with Crippen molar-refractivity contribution in [2.45, 2.75) is 46.3 Å². The van der Waals surface area contributed by atoms with E-state index in [-0.39, 0.29) is 17.6 Å². The van der Waals surface area contributed by atoms with Crippen LogP contribution in [0, 0.1) is 12.3 Å². The molecule has 0 saturated heterocycles. The average Bonchev–Trinajstić information content (AvgIpc) is 2.15. The van der Waals surface area contributed by atoms with Gasteiger partial charge in [0.15, 0.2) is 0 Å². The molecule has 0 spiro atoms. The summed E-state index contributed by atoms with van der Waals surface area (Å²) in [6.45, 7) is 8.60. The summed E-state index contributed by atoms with van der Waals surface area (Å²) in [4.78, 5) is 0. The van der Waals surface area contributed by atoms with E-state index in [2.05, 4.69) is 52.0 Å². The summed E-state index contributed by atoms with van der Waals surface area (Å²) < 4.78 is 5.55. The van der Waals surface area contributed by atoms with E-state index < -0.39 is 0 Å². The van der Waals surface area contributed by atoms with Crippen LogP contribution in [0.3, 0.4) is 0 Å². The van der Waals surface area contributed by atoms with E-state index in [0.717, 1.165) is 6.42 Å². The molecule has 0 aliphatic carbocycles. The Morgan fingerprint density at radius 2 is 1.94 bits per heavy atom. The van der Waals surface area contributed by atoms with E-state index in [1.165, 1.54) is 11.1 Å². The van der Waals surface area contributed by atoms with Gasteiger partial charge in [-0.2, -0.15) is 0 Å². The Labute approximate surface area is 105 Å². The van der Waals surface area contributed by atoms with Crippen LogP contribution in [0.5, 0.6) is 0 Å². The van der Waals surface area contributed by atoms with Crippen LogP contribution < -0.4 is 5.73 Å². The highest BCUT2D eigenvalue weighted by molar-refractivity contribution is 5.23. The van der Waals surface area contributed by atoms with Crippen molar-refractivity contribution in [1.29, 1.82) is 0 Å².